The van der Waals surface area contributed by atoms with Crippen LogP contribution in [0.15, 0.2) is 48.7 Å². The number of H-pyrrole nitrogens is 1. The fraction of sp³-hybridized carbons (Fsp3) is 0.250. The van der Waals surface area contributed by atoms with Crippen LogP contribution in [0.1, 0.15) is 29.8 Å². The van der Waals surface area contributed by atoms with Crippen molar-refractivity contribution in [2.75, 3.05) is 5.32 Å². The number of anilines is 1. The lowest BCUT2D eigenvalue weighted by atomic mass is 10.0. The second-order valence-electron chi connectivity index (χ2n) is 6.67. The largest absolute Gasteiger partial charge is 0.340 e. The SMILES string of the molecule is Cc1ccccc1C(=O)N[C@@H](C(=O)Nc1ccc2[nH]ncc2c1)C(C)C. The van der Waals surface area contributed by atoms with Crippen molar-refractivity contribution in [1.29, 1.82) is 0 Å². The molecule has 0 saturated carbocycles. The summed E-state index contributed by atoms with van der Waals surface area (Å²) >= 11 is 0. The Labute approximate surface area is 152 Å². The van der Waals surface area contributed by atoms with Crippen LogP contribution < -0.4 is 10.6 Å². The molecule has 3 rings (SSSR count). The molecule has 1 heterocycles. The van der Waals surface area contributed by atoms with Gasteiger partial charge in [-0.2, -0.15) is 5.10 Å². The van der Waals surface area contributed by atoms with Crippen LogP contribution in [0.2, 0.25) is 0 Å². The van der Waals surface area contributed by atoms with Crippen molar-refractivity contribution in [3.63, 3.8) is 0 Å². The van der Waals surface area contributed by atoms with Gasteiger partial charge in [0.05, 0.1) is 11.7 Å². The van der Waals surface area contributed by atoms with Crippen molar-refractivity contribution in [2.24, 2.45) is 5.92 Å². The summed E-state index contributed by atoms with van der Waals surface area (Å²) in [5.74, 6) is -0.548. The Hall–Kier alpha value is -3.15. The molecule has 26 heavy (non-hydrogen) atoms. The lowest BCUT2D eigenvalue weighted by Crippen LogP contribution is -2.47. The fourth-order valence-electron chi connectivity index (χ4n) is 2.82. The van der Waals surface area contributed by atoms with Gasteiger partial charge in [0.15, 0.2) is 0 Å². The van der Waals surface area contributed by atoms with E-state index in [0.29, 0.717) is 11.3 Å². The van der Waals surface area contributed by atoms with Gasteiger partial charge in [0, 0.05) is 16.6 Å². The molecule has 0 fully saturated rings. The molecule has 0 aliphatic heterocycles. The second-order valence-corrected chi connectivity index (χ2v) is 6.67. The number of carbonyl (C=O) groups is 2. The highest BCUT2D eigenvalue weighted by Gasteiger charge is 2.25. The number of aromatic nitrogens is 2. The summed E-state index contributed by atoms with van der Waals surface area (Å²) in [5.41, 5.74) is 3.01. The minimum absolute atomic E-state index is 0.0550. The van der Waals surface area contributed by atoms with Crippen LogP contribution in [-0.4, -0.2) is 28.1 Å². The number of hydrogen-bond acceptors (Lipinski definition) is 3. The van der Waals surface area contributed by atoms with Gasteiger partial charge in [0.2, 0.25) is 5.91 Å². The Bertz CT molecular complexity index is 946. The first kappa shape index (κ1) is 17.7. The zero-order valence-corrected chi connectivity index (χ0v) is 15.0. The molecule has 3 aromatic rings. The van der Waals surface area contributed by atoms with Crippen molar-refractivity contribution in [2.45, 2.75) is 26.8 Å². The van der Waals surface area contributed by atoms with Crippen LogP contribution in [-0.2, 0) is 4.79 Å². The summed E-state index contributed by atoms with van der Waals surface area (Å²) in [5, 5.41) is 13.5. The Morgan fingerprint density at radius 3 is 2.62 bits per heavy atom. The number of amides is 2. The van der Waals surface area contributed by atoms with Crippen molar-refractivity contribution in [3.05, 3.63) is 59.8 Å². The summed E-state index contributed by atoms with van der Waals surface area (Å²) in [7, 11) is 0. The van der Waals surface area contributed by atoms with E-state index < -0.39 is 6.04 Å². The summed E-state index contributed by atoms with van der Waals surface area (Å²) in [6, 6.07) is 12.2. The van der Waals surface area contributed by atoms with E-state index in [2.05, 4.69) is 20.8 Å². The topological polar surface area (TPSA) is 86.9 Å². The van der Waals surface area contributed by atoms with Gasteiger partial charge >= 0.3 is 0 Å². The number of nitrogens with one attached hydrogen (secondary N) is 3. The lowest BCUT2D eigenvalue weighted by molar-refractivity contribution is -0.118. The highest BCUT2D eigenvalue weighted by molar-refractivity contribution is 6.02. The third kappa shape index (κ3) is 3.74. The number of aryl methyl sites for hydroxylation is 1. The molecule has 1 atom stereocenters. The van der Waals surface area contributed by atoms with Crippen LogP contribution in [0.4, 0.5) is 5.69 Å². The van der Waals surface area contributed by atoms with E-state index in [1.165, 1.54) is 0 Å². The molecule has 6 nitrogen and oxygen atoms in total. The monoisotopic (exact) mass is 350 g/mol. The molecule has 2 aromatic carbocycles. The van der Waals surface area contributed by atoms with Gasteiger partial charge in [-0.1, -0.05) is 32.0 Å². The maximum Gasteiger partial charge on any atom is 0.252 e. The number of hydrogen-bond donors (Lipinski definition) is 3. The van der Waals surface area contributed by atoms with E-state index in [1.54, 1.807) is 18.3 Å². The Morgan fingerprint density at radius 2 is 1.88 bits per heavy atom. The molecule has 0 aliphatic carbocycles. The molecule has 0 unspecified atom stereocenters. The molecule has 0 bridgehead atoms. The predicted octanol–water partition coefficient (Wildman–Crippen LogP) is 3.26. The molecule has 0 spiro atoms. The maximum atomic E-state index is 12.7. The number of nitrogens with zero attached hydrogens (tertiary/aromatic N) is 1. The lowest BCUT2D eigenvalue weighted by Gasteiger charge is -2.22. The fourth-order valence-corrected chi connectivity index (χ4v) is 2.82. The predicted molar refractivity (Wildman–Crippen MR) is 102 cm³/mol. The average molecular weight is 350 g/mol. The van der Waals surface area contributed by atoms with Gasteiger partial charge in [-0.25, -0.2) is 0 Å². The van der Waals surface area contributed by atoms with Crippen molar-refractivity contribution < 1.29 is 9.59 Å². The second kappa shape index (κ2) is 7.39. The molecule has 0 aliphatic rings. The number of aromatic amines is 1. The van der Waals surface area contributed by atoms with E-state index in [9.17, 15) is 9.59 Å². The molecule has 3 N–H and O–H groups in total. The number of fused-ring (bicyclic) bond motifs is 1. The first-order chi connectivity index (χ1) is 12.5. The highest BCUT2D eigenvalue weighted by atomic mass is 16.2. The minimum atomic E-state index is -0.637. The zero-order valence-electron chi connectivity index (χ0n) is 15.0. The van der Waals surface area contributed by atoms with E-state index in [0.717, 1.165) is 16.5 Å². The summed E-state index contributed by atoms with van der Waals surface area (Å²) < 4.78 is 0. The number of carbonyl (C=O) groups excluding carboxylic acids is 2. The molecule has 0 radical (unpaired) electrons. The first-order valence-electron chi connectivity index (χ1n) is 8.56. The Morgan fingerprint density at radius 1 is 1.12 bits per heavy atom. The van der Waals surface area contributed by atoms with Crippen LogP contribution in [0.3, 0.4) is 0 Å². The summed E-state index contributed by atoms with van der Waals surface area (Å²) in [6.07, 6.45) is 1.70. The van der Waals surface area contributed by atoms with E-state index >= 15 is 0 Å². The summed E-state index contributed by atoms with van der Waals surface area (Å²) in [6.45, 7) is 5.68. The van der Waals surface area contributed by atoms with Crippen molar-refractivity contribution >= 4 is 28.4 Å². The molecular formula is C20H22N4O2. The Balaban J connectivity index is 1.75. The molecule has 2 amide bonds. The molecule has 134 valence electrons. The molecule has 1 aromatic heterocycles. The smallest absolute Gasteiger partial charge is 0.252 e. The Kier molecular flexibility index (Phi) is 5.02. The maximum absolute atomic E-state index is 12.7. The van der Waals surface area contributed by atoms with Gasteiger partial charge in [-0.3, -0.25) is 14.7 Å². The van der Waals surface area contributed by atoms with Gasteiger partial charge in [-0.05, 0) is 42.7 Å². The van der Waals surface area contributed by atoms with Crippen molar-refractivity contribution in [3.8, 4) is 0 Å². The van der Waals surface area contributed by atoms with Gasteiger partial charge in [0.25, 0.3) is 5.91 Å². The quantitative estimate of drug-likeness (QED) is 0.660. The standard InChI is InChI=1S/C20H22N4O2/c1-12(2)18(23-19(25)16-7-5-4-6-13(16)3)20(26)22-15-8-9-17-14(10-15)11-21-24-17/h4-12,18H,1-3H3,(H,21,24)(H,22,26)(H,23,25)/t18-/m1/s1. The normalized spacial score (nSPS) is 12.2. The van der Waals surface area contributed by atoms with Crippen LogP contribution >= 0.6 is 0 Å². The number of rotatable bonds is 5. The van der Waals surface area contributed by atoms with Gasteiger partial charge in [0.1, 0.15) is 6.04 Å². The van der Waals surface area contributed by atoms with Crippen LogP contribution in [0.25, 0.3) is 10.9 Å². The molecular weight excluding hydrogens is 328 g/mol. The van der Waals surface area contributed by atoms with Crippen LogP contribution in [0, 0.1) is 12.8 Å². The third-order valence-corrected chi connectivity index (χ3v) is 4.33. The first-order valence-corrected chi connectivity index (χ1v) is 8.56. The average Bonchev–Trinajstić information content (AvgIpc) is 3.07. The molecule has 0 saturated heterocycles. The zero-order chi connectivity index (χ0) is 18.7. The third-order valence-electron chi connectivity index (χ3n) is 4.33. The van der Waals surface area contributed by atoms with E-state index in [4.69, 9.17) is 0 Å². The van der Waals surface area contributed by atoms with E-state index in [1.807, 2.05) is 51.1 Å². The van der Waals surface area contributed by atoms with Crippen molar-refractivity contribution in [1.82, 2.24) is 15.5 Å². The van der Waals surface area contributed by atoms with Gasteiger partial charge in [-0.15, -0.1) is 0 Å². The highest BCUT2D eigenvalue weighted by Crippen LogP contribution is 2.18. The van der Waals surface area contributed by atoms with E-state index in [-0.39, 0.29) is 17.7 Å². The summed E-state index contributed by atoms with van der Waals surface area (Å²) in [4.78, 5) is 25.3. The van der Waals surface area contributed by atoms with Crippen LogP contribution in [0.5, 0.6) is 0 Å². The number of benzene rings is 2. The minimum Gasteiger partial charge on any atom is -0.340 e. The molecule has 6 heteroatoms. The van der Waals surface area contributed by atoms with Gasteiger partial charge < -0.3 is 10.6 Å².